The van der Waals surface area contributed by atoms with E-state index in [2.05, 4.69) is 30.1 Å². The van der Waals surface area contributed by atoms with Crippen LogP contribution in [-0.2, 0) is 19.9 Å². The predicted molar refractivity (Wildman–Crippen MR) is 71.9 cm³/mol. The van der Waals surface area contributed by atoms with Gasteiger partial charge in [0.1, 0.15) is 11.5 Å². The van der Waals surface area contributed by atoms with Gasteiger partial charge in [0.25, 0.3) is 0 Å². The van der Waals surface area contributed by atoms with Crippen molar-refractivity contribution in [3.05, 3.63) is 52.6 Å². The minimum absolute atomic E-state index is 0.573. The highest BCUT2D eigenvalue weighted by molar-refractivity contribution is 5.73. The highest BCUT2D eigenvalue weighted by atomic mass is 16.1. The first kappa shape index (κ1) is 12.6. The zero-order valence-electron chi connectivity index (χ0n) is 11.1. The molecule has 0 spiro atoms. The van der Waals surface area contributed by atoms with Gasteiger partial charge in [-0.05, 0) is 37.8 Å². The number of nitrogens with zero attached hydrogens (tertiary/aromatic N) is 2. The molecular weight excluding hydrogens is 224 g/mol. The minimum Gasteiger partial charge on any atom is -0.335 e. The van der Waals surface area contributed by atoms with Crippen molar-refractivity contribution in [2.45, 2.75) is 26.7 Å². The van der Waals surface area contributed by atoms with E-state index in [9.17, 15) is 4.79 Å². The van der Waals surface area contributed by atoms with Crippen LogP contribution in [0, 0.1) is 13.8 Å². The number of hydrogen-bond acceptors (Lipinski definition) is 2. The first-order chi connectivity index (χ1) is 8.63. The van der Waals surface area contributed by atoms with Gasteiger partial charge in [0.2, 0.25) is 0 Å². The Hall–Kier alpha value is -1.90. The van der Waals surface area contributed by atoms with Gasteiger partial charge in [-0.2, -0.15) is 0 Å². The quantitative estimate of drug-likeness (QED) is 0.772. The number of benzene rings is 1. The average Bonchev–Trinajstić information content (AvgIpc) is 2.65. The van der Waals surface area contributed by atoms with Gasteiger partial charge in [-0.3, -0.25) is 4.79 Å². The Morgan fingerprint density at radius 1 is 1.22 bits per heavy atom. The Labute approximate surface area is 107 Å². The van der Waals surface area contributed by atoms with Crippen LogP contribution in [0.1, 0.15) is 33.1 Å². The normalized spacial score (nSPS) is 10.6. The van der Waals surface area contributed by atoms with Gasteiger partial charge in [-0.1, -0.05) is 24.3 Å². The fourth-order valence-corrected chi connectivity index (χ4v) is 2.21. The number of hydrogen-bond donors (Lipinski definition) is 0. The van der Waals surface area contributed by atoms with Crippen molar-refractivity contribution in [2.24, 2.45) is 7.05 Å². The molecule has 3 nitrogen and oxygen atoms in total. The molecule has 0 aliphatic rings. The number of aryl methyl sites for hydroxylation is 3. The molecule has 3 heteroatoms. The number of carbonyl (C=O) groups excluding carboxylic acids is 1. The van der Waals surface area contributed by atoms with Crippen LogP contribution in [0.5, 0.6) is 0 Å². The summed E-state index contributed by atoms with van der Waals surface area (Å²) in [5.41, 5.74) is 4.21. The molecule has 2 rings (SSSR count). The van der Waals surface area contributed by atoms with Crippen molar-refractivity contribution >= 4 is 6.29 Å². The summed E-state index contributed by atoms with van der Waals surface area (Å²) in [6.45, 7) is 4.04. The van der Waals surface area contributed by atoms with E-state index in [4.69, 9.17) is 0 Å². The fourth-order valence-electron chi connectivity index (χ4n) is 2.21. The molecule has 0 aliphatic heterocycles. The van der Waals surface area contributed by atoms with E-state index in [1.165, 1.54) is 11.1 Å². The lowest BCUT2D eigenvalue weighted by Crippen LogP contribution is -2.03. The topological polar surface area (TPSA) is 34.9 Å². The average molecular weight is 242 g/mol. The van der Waals surface area contributed by atoms with E-state index in [1.54, 1.807) is 0 Å². The van der Waals surface area contributed by atoms with Gasteiger partial charge < -0.3 is 4.57 Å². The van der Waals surface area contributed by atoms with Gasteiger partial charge in [-0.15, -0.1) is 0 Å². The third-order valence-electron chi connectivity index (χ3n) is 3.47. The molecule has 1 aromatic heterocycles. The molecule has 0 amide bonds. The maximum atomic E-state index is 11.0. The summed E-state index contributed by atoms with van der Waals surface area (Å²) in [7, 11) is 1.96. The highest BCUT2D eigenvalue weighted by Crippen LogP contribution is 2.14. The maximum absolute atomic E-state index is 11.0. The zero-order valence-corrected chi connectivity index (χ0v) is 11.1. The molecule has 0 saturated carbocycles. The lowest BCUT2D eigenvalue weighted by molar-refractivity contribution is 0.111. The van der Waals surface area contributed by atoms with E-state index in [0.29, 0.717) is 5.69 Å². The summed E-state index contributed by atoms with van der Waals surface area (Å²) in [6, 6.07) is 8.35. The van der Waals surface area contributed by atoms with Gasteiger partial charge in [0.05, 0.1) is 0 Å². The monoisotopic (exact) mass is 242 g/mol. The summed E-state index contributed by atoms with van der Waals surface area (Å²) in [5.74, 6) is 0.886. The molecule has 0 saturated heterocycles. The maximum Gasteiger partial charge on any atom is 0.170 e. The van der Waals surface area contributed by atoms with Crippen LogP contribution in [0.4, 0.5) is 0 Å². The van der Waals surface area contributed by atoms with E-state index in [-0.39, 0.29) is 0 Å². The van der Waals surface area contributed by atoms with Crippen LogP contribution in [0.3, 0.4) is 0 Å². The molecule has 1 heterocycles. The number of carbonyl (C=O) groups is 1. The second-order valence-electron chi connectivity index (χ2n) is 4.59. The van der Waals surface area contributed by atoms with Crippen LogP contribution in [0.25, 0.3) is 0 Å². The summed E-state index contributed by atoms with van der Waals surface area (Å²) in [4.78, 5) is 15.3. The van der Waals surface area contributed by atoms with Gasteiger partial charge in [0.15, 0.2) is 6.29 Å². The zero-order chi connectivity index (χ0) is 13.1. The highest BCUT2D eigenvalue weighted by Gasteiger charge is 2.11. The van der Waals surface area contributed by atoms with E-state index < -0.39 is 0 Å². The number of rotatable bonds is 4. The Bertz CT molecular complexity index is 570. The van der Waals surface area contributed by atoms with Gasteiger partial charge in [-0.25, -0.2) is 4.98 Å². The molecule has 2 aromatic rings. The second kappa shape index (κ2) is 5.17. The summed E-state index contributed by atoms with van der Waals surface area (Å²) < 4.78 is 2.00. The lowest BCUT2D eigenvalue weighted by atomic mass is 10.0. The van der Waals surface area contributed by atoms with Crippen molar-refractivity contribution in [1.82, 2.24) is 9.55 Å². The molecule has 0 atom stereocenters. The third-order valence-corrected chi connectivity index (χ3v) is 3.47. The first-order valence-electron chi connectivity index (χ1n) is 6.15. The second-order valence-corrected chi connectivity index (χ2v) is 4.59. The van der Waals surface area contributed by atoms with Crippen molar-refractivity contribution in [2.75, 3.05) is 0 Å². The predicted octanol–water partition coefficient (Wildman–Crippen LogP) is 2.63. The van der Waals surface area contributed by atoms with Crippen LogP contribution < -0.4 is 0 Å². The molecule has 0 N–H and O–H groups in total. The van der Waals surface area contributed by atoms with Gasteiger partial charge >= 0.3 is 0 Å². The Morgan fingerprint density at radius 2 is 1.94 bits per heavy atom. The van der Waals surface area contributed by atoms with Crippen LogP contribution >= 0.6 is 0 Å². The number of aldehydes is 1. The Balaban J connectivity index is 2.21. The fraction of sp³-hybridized carbons (Fsp3) is 0.333. The van der Waals surface area contributed by atoms with Crippen LogP contribution in [-0.4, -0.2) is 15.8 Å². The smallest absolute Gasteiger partial charge is 0.170 e. The lowest BCUT2D eigenvalue weighted by Gasteiger charge is -2.07. The third kappa shape index (κ3) is 2.35. The molecule has 0 radical (unpaired) electrons. The molecular formula is C15H18N2O. The van der Waals surface area contributed by atoms with Crippen molar-refractivity contribution in [3.8, 4) is 0 Å². The molecule has 1 aromatic carbocycles. The summed E-state index contributed by atoms with van der Waals surface area (Å²) in [6.07, 6.45) is 2.63. The van der Waals surface area contributed by atoms with E-state index >= 15 is 0 Å². The summed E-state index contributed by atoms with van der Waals surface area (Å²) >= 11 is 0. The van der Waals surface area contributed by atoms with Crippen LogP contribution in [0.15, 0.2) is 24.3 Å². The number of aromatic nitrogens is 2. The Kier molecular flexibility index (Phi) is 3.60. The largest absolute Gasteiger partial charge is 0.335 e. The number of imidazole rings is 1. The standard InChI is InChI=1S/C15H18N2O/c1-11-6-4-5-7-13(11)8-9-15-14(10-18)16-12(2)17(15)3/h4-7,10H,8-9H2,1-3H3. The first-order valence-corrected chi connectivity index (χ1v) is 6.15. The molecule has 0 fully saturated rings. The SMILES string of the molecule is Cc1ccccc1CCc1c(C=O)nc(C)n1C. The molecule has 94 valence electrons. The van der Waals surface area contributed by atoms with Crippen LogP contribution in [0.2, 0.25) is 0 Å². The molecule has 0 aliphatic carbocycles. The van der Waals surface area contributed by atoms with Crippen molar-refractivity contribution in [3.63, 3.8) is 0 Å². The molecule has 0 unspecified atom stereocenters. The van der Waals surface area contributed by atoms with E-state index in [0.717, 1.165) is 30.6 Å². The van der Waals surface area contributed by atoms with E-state index in [1.807, 2.05) is 24.6 Å². The van der Waals surface area contributed by atoms with Gasteiger partial charge in [0, 0.05) is 12.7 Å². The minimum atomic E-state index is 0.573. The molecule has 0 bridgehead atoms. The summed E-state index contributed by atoms with van der Waals surface area (Å²) in [5, 5.41) is 0. The van der Waals surface area contributed by atoms with Crippen molar-refractivity contribution in [1.29, 1.82) is 0 Å². The Morgan fingerprint density at radius 3 is 2.61 bits per heavy atom. The molecule has 18 heavy (non-hydrogen) atoms. The van der Waals surface area contributed by atoms with Crippen molar-refractivity contribution < 1.29 is 4.79 Å².